The van der Waals surface area contributed by atoms with Crippen molar-refractivity contribution in [2.24, 2.45) is 11.1 Å². The van der Waals surface area contributed by atoms with Crippen molar-refractivity contribution >= 4 is 37.5 Å². The van der Waals surface area contributed by atoms with Crippen molar-refractivity contribution in [2.45, 2.75) is 18.7 Å². The predicted molar refractivity (Wildman–Crippen MR) is 100 cm³/mol. The summed E-state index contributed by atoms with van der Waals surface area (Å²) in [5.41, 5.74) is 0.831. The van der Waals surface area contributed by atoms with Gasteiger partial charge in [0.2, 0.25) is 10.0 Å². The van der Waals surface area contributed by atoms with E-state index >= 15 is 0 Å². The van der Waals surface area contributed by atoms with E-state index in [1.165, 1.54) is 24.3 Å². The van der Waals surface area contributed by atoms with Crippen LogP contribution in [-0.2, 0) is 10.0 Å². The Balaban J connectivity index is 2.21. The zero-order valence-corrected chi connectivity index (χ0v) is 16.2. The molecule has 8 heteroatoms. The lowest BCUT2D eigenvalue weighted by Crippen LogP contribution is -2.15. The molecule has 0 aromatic heterocycles. The van der Waals surface area contributed by atoms with Gasteiger partial charge in [0.05, 0.1) is 17.1 Å². The fourth-order valence-electron chi connectivity index (χ4n) is 1.99. The quantitative estimate of drug-likeness (QED) is 0.739. The molecule has 134 valence electrons. The van der Waals surface area contributed by atoms with Crippen LogP contribution in [0.3, 0.4) is 0 Å². The second-order valence-corrected chi connectivity index (χ2v) is 8.35. The molecular weight excluding hydrogens is 408 g/mol. The van der Waals surface area contributed by atoms with Crippen molar-refractivity contribution in [2.75, 3.05) is 11.9 Å². The third kappa shape index (κ3) is 5.55. The molecule has 2 rings (SSSR count). The number of hydrogen-bond acceptors (Lipinski definition) is 4. The van der Waals surface area contributed by atoms with Gasteiger partial charge < -0.3 is 10.1 Å². The SMILES string of the molecule is CC(C)COc1ccc(Br)cc1C(=O)Nc1ccc(S(N)(=O)=O)cc1. The first-order chi connectivity index (χ1) is 11.7. The first-order valence-electron chi connectivity index (χ1n) is 7.53. The fourth-order valence-corrected chi connectivity index (χ4v) is 2.86. The number of sulfonamides is 1. The Kier molecular flexibility index (Phi) is 6.21. The summed E-state index contributed by atoms with van der Waals surface area (Å²) in [5.74, 6) is 0.448. The van der Waals surface area contributed by atoms with Crippen LogP contribution in [0.2, 0.25) is 0 Å². The van der Waals surface area contributed by atoms with Crippen molar-refractivity contribution in [3.8, 4) is 5.75 Å². The molecule has 0 aliphatic carbocycles. The lowest BCUT2D eigenvalue weighted by molar-refractivity contribution is 0.102. The number of anilines is 1. The van der Waals surface area contributed by atoms with Gasteiger partial charge in [0.1, 0.15) is 5.75 Å². The Morgan fingerprint density at radius 3 is 2.40 bits per heavy atom. The summed E-state index contributed by atoms with van der Waals surface area (Å²) in [7, 11) is -3.77. The molecule has 0 unspecified atom stereocenters. The van der Waals surface area contributed by atoms with Gasteiger partial charge in [-0.2, -0.15) is 0 Å². The highest BCUT2D eigenvalue weighted by atomic mass is 79.9. The molecule has 0 bridgehead atoms. The van der Waals surface area contributed by atoms with Gasteiger partial charge in [0, 0.05) is 10.2 Å². The molecule has 2 aromatic carbocycles. The number of carbonyl (C=O) groups is 1. The van der Waals surface area contributed by atoms with Crippen molar-refractivity contribution < 1.29 is 17.9 Å². The highest BCUT2D eigenvalue weighted by Gasteiger charge is 2.15. The van der Waals surface area contributed by atoms with Crippen LogP contribution in [0.4, 0.5) is 5.69 Å². The predicted octanol–water partition coefficient (Wildman–Crippen LogP) is 3.38. The lowest BCUT2D eigenvalue weighted by atomic mass is 10.1. The van der Waals surface area contributed by atoms with Gasteiger partial charge >= 0.3 is 0 Å². The van der Waals surface area contributed by atoms with Crippen LogP contribution < -0.4 is 15.2 Å². The van der Waals surface area contributed by atoms with Gasteiger partial charge in [-0.1, -0.05) is 29.8 Å². The number of halogens is 1. The van der Waals surface area contributed by atoms with E-state index in [9.17, 15) is 13.2 Å². The maximum Gasteiger partial charge on any atom is 0.259 e. The molecule has 0 heterocycles. The minimum atomic E-state index is -3.77. The summed E-state index contributed by atoms with van der Waals surface area (Å²) in [6.07, 6.45) is 0. The number of hydrogen-bond donors (Lipinski definition) is 2. The average molecular weight is 427 g/mol. The number of carbonyl (C=O) groups excluding carboxylic acids is 1. The second-order valence-electron chi connectivity index (χ2n) is 5.87. The number of primary sulfonamides is 1. The molecule has 3 N–H and O–H groups in total. The van der Waals surface area contributed by atoms with Crippen LogP contribution in [0, 0.1) is 5.92 Å². The largest absolute Gasteiger partial charge is 0.492 e. The van der Waals surface area contributed by atoms with Crippen LogP contribution in [0.15, 0.2) is 51.8 Å². The van der Waals surface area contributed by atoms with E-state index in [2.05, 4.69) is 21.2 Å². The van der Waals surface area contributed by atoms with Crippen LogP contribution in [-0.4, -0.2) is 20.9 Å². The third-order valence-corrected chi connectivity index (χ3v) is 4.62. The lowest BCUT2D eigenvalue weighted by Gasteiger charge is -2.14. The average Bonchev–Trinajstić information content (AvgIpc) is 2.53. The minimum absolute atomic E-state index is 0.0195. The Bertz CT molecular complexity index is 865. The van der Waals surface area contributed by atoms with Crippen molar-refractivity contribution in [3.05, 3.63) is 52.5 Å². The molecule has 25 heavy (non-hydrogen) atoms. The number of nitrogens with one attached hydrogen (secondary N) is 1. The molecule has 0 saturated heterocycles. The Hall–Kier alpha value is -1.90. The first-order valence-corrected chi connectivity index (χ1v) is 9.87. The van der Waals surface area contributed by atoms with Gasteiger partial charge in [-0.25, -0.2) is 13.6 Å². The highest BCUT2D eigenvalue weighted by Crippen LogP contribution is 2.25. The van der Waals surface area contributed by atoms with Gasteiger partial charge in [0.25, 0.3) is 5.91 Å². The summed E-state index contributed by atoms with van der Waals surface area (Å²) in [5, 5.41) is 7.77. The summed E-state index contributed by atoms with van der Waals surface area (Å²) >= 11 is 3.35. The van der Waals surface area contributed by atoms with Crippen molar-refractivity contribution in [1.29, 1.82) is 0 Å². The topological polar surface area (TPSA) is 98.5 Å². The molecule has 0 spiro atoms. The standard InChI is InChI=1S/C17H19BrN2O4S/c1-11(2)10-24-16-8-3-12(18)9-15(16)17(21)20-13-4-6-14(7-5-13)25(19,22)23/h3-9,11H,10H2,1-2H3,(H,20,21)(H2,19,22,23). The molecule has 1 amide bonds. The summed E-state index contributed by atoms with van der Waals surface area (Å²) in [4.78, 5) is 12.5. The Labute approximate surface area is 155 Å². The third-order valence-electron chi connectivity index (χ3n) is 3.20. The second kappa shape index (κ2) is 7.99. The van der Waals surface area contributed by atoms with Crippen LogP contribution >= 0.6 is 15.9 Å². The van der Waals surface area contributed by atoms with Crippen molar-refractivity contribution in [3.63, 3.8) is 0 Å². The number of ether oxygens (including phenoxy) is 1. The summed E-state index contributed by atoms with van der Waals surface area (Å²) in [6.45, 7) is 4.53. The highest BCUT2D eigenvalue weighted by molar-refractivity contribution is 9.10. The van der Waals surface area contributed by atoms with Crippen LogP contribution in [0.1, 0.15) is 24.2 Å². The van der Waals surface area contributed by atoms with E-state index in [0.717, 1.165) is 4.47 Å². The summed E-state index contributed by atoms with van der Waals surface area (Å²) in [6, 6.07) is 10.8. The normalized spacial score (nSPS) is 11.4. The van der Waals surface area contributed by atoms with E-state index in [4.69, 9.17) is 9.88 Å². The molecule has 0 radical (unpaired) electrons. The fraction of sp³-hybridized carbons (Fsp3) is 0.235. The molecule has 0 atom stereocenters. The number of amides is 1. The zero-order chi connectivity index (χ0) is 18.6. The maximum atomic E-state index is 12.6. The Morgan fingerprint density at radius 2 is 1.84 bits per heavy atom. The molecule has 0 aliphatic rings. The van der Waals surface area contributed by atoms with Gasteiger partial charge in [0.15, 0.2) is 0 Å². The van der Waals surface area contributed by atoms with E-state index in [1.54, 1.807) is 18.2 Å². The van der Waals surface area contributed by atoms with Gasteiger partial charge in [-0.3, -0.25) is 4.79 Å². The van der Waals surface area contributed by atoms with Crippen molar-refractivity contribution in [1.82, 2.24) is 0 Å². The Morgan fingerprint density at radius 1 is 1.20 bits per heavy atom. The summed E-state index contributed by atoms with van der Waals surface area (Å²) < 4.78 is 29.0. The van der Waals surface area contributed by atoms with E-state index in [0.29, 0.717) is 29.5 Å². The smallest absolute Gasteiger partial charge is 0.259 e. The maximum absolute atomic E-state index is 12.6. The molecule has 0 fully saturated rings. The zero-order valence-electron chi connectivity index (χ0n) is 13.8. The number of rotatable bonds is 6. The molecule has 2 aromatic rings. The number of benzene rings is 2. The van der Waals surface area contributed by atoms with Crippen LogP contribution in [0.25, 0.3) is 0 Å². The first kappa shape index (κ1) is 19.4. The molecule has 0 saturated carbocycles. The van der Waals surface area contributed by atoms with Crippen LogP contribution in [0.5, 0.6) is 5.75 Å². The number of nitrogens with two attached hydrogens (primary N) is 1. The van der Waals surface area contributed by atoms with Gasteiger partial charge in [-0.15, -0.1) is 0 Å². The molecule has 0 aliphatic heterocycles. The van der Waals surface area contributed by atoms with Gasteiger partial charge in [-0.05, 0) is 48.4 Å². The molecule has 6 nitrogen and oxygen atoms in total. The monoisotopic (exact) mass is 426 g/mol. The van der Waals surface area contributed by atoms with E-state index in [1.807, 2.05) is 13.8 Å². The molecular formula is C17H19BrN2O4S. The minimum Gasteiger partial charge on any atom is -0.492 e. The van der Waals surface area contributed by atoms with E-state index < -0.39 is 10.0 Å². The van der Waals surface area contributed by atoms with E-state index in [-0.39, 0.29) is 10.8 Å².